The lowest BCUT2D eigenvalue weighted by Gasteiger charge is -2.48. The predicted octanol–water partition coefficient (Wildman–Crippen LogP) is 1.90. The molecule has 0 radical (unpaired) electrons. The molecule has 16 nitrogen and oxygen atoms in total. The highest BCUT2D eigenvalue weighted by Gasteiger charge is 2.41. The number of quaternary nitrogens is 1. The van der Waals surface area contributed by atoms with Crippen molar-refractivity contribution >= 4 is 46.8 Å². The van der Waals surface area contributed by atoms with Gasteiger partial charge in [0, 0.05) is 69.8 Å². The van der Waals surface area contributed by atoms with Gasteiger partial charge in [-0.15, -0.1) is 0 Å². The molecule has 4 amide bonds. The van der Waals surface area contributed by atoms with Gasteiger partial charge in [-0.2, -0.15) is 18.3 Å². The third-order valence-electron chi connectivity index (χ3n) is 10.9. The minimum Gasteiger partial charge on any atom is -0.544 e. The van der Waals surface area contributed by atoms with E-state index >= 15 is 0 Å². The van der Waals surface area contributed by atoms with Crippen LogP contribution >= 0.6 is 11.6 Å². The number of carbonyl (C=O) groups excluding carboxylic acids is 4. The Labute approximate surface area is 334 Å². The Morgan fingerprint density at radius 1 is 1.00 bits per heavy atom. The lowest BCUT2D eigenvalue weighted by atomic mass is 10.0. The number of aromatic nitrogens is 4. The minimum absolute atomic E-state index is 0.0307. The van der Waals surface area contributed by atoms with Crippen LogP contribution in [0.5, 0.6) is 0 Å². The van der Waals surface area contributed by atoms with E-state index in [0.717, 1.165) is 47.3 Å². The summed E-state index contributed by atoms with van der Waals surface area (Å²) >= 11 is 6.51. The molecule has 21 heteroatoms. The number of benzene rings is 2. The number of anilines is 2. The highest BCUT2D eigenvalue weighted by atomic mass is 35.5. The SMILES string of the molecule is Cn1c(-c2cn(-c3ccc(N)cc3F)nc2C(F)(F)F)cnc1C(=O)Nc1ccc(C(=O)N2CCN(C(=O)N3CC[N+](CC(=O)[O-])(CC4CNC4)CC3)CC2)c(Cl)c1. The first-order chi connectivity index (χ1) is 27.5. The molecule has 3 aliphatic rings. The molecule has 0 atom stereocenters. The van der Waals surface area contributed by atoms with E-state index in [0.29, 0.717) is 36.6 Å². The van der Waals surface area contributed by atoms with E-state index in [-0.39, 0.29) is 83.8 Å². The number of nitrogens with two attached hydrogens (primary N) is 1. The zero-order valence-electron chi connectivity index (χ0n) is 31.3. The van der Waals surface area contributed by atoms with Gasteiger partial charge in [-0.25, -0.2) is 18.9 Å². The number of carboxylic acid groups (broad SMARTS) is 1. The Hall–Kier alpha value is -5.73. The number of nitrogens with one attached hydrogen (secondary N) is 2. The summed E-state index contributed by atoms with van der Waals surface area (Å²) in [5.74, 6) is -3.01. The lowest BCUT2D eigenvalue weighted by molar-refractivity contribution is -0.929. The van der Waals surface area contributed by atoms with Gasteiger partial charge in [0.2, 0.25) is 0 Å². The quantitative estimate of drug-likeness (QED) is 0.129. The van der Waals surface area contributed by atoms with Crippen LogP contribution in [0.1, 0.15) is 26.7 Å². The molecule has 3 aliphatic heterocycles. The van der Waals surface area contributed by atoms with Crippen LogP contribution < -0.4 is 21.5 Å². The van der Waals surface area contributed by atoms with Crippen LogP contribution in [0, 0.1) is 11.7 Å². The summed E-state index contributed by atoms with van der Waals surface area (Å²) in [6, 6.07) is 7.55. The Balaban J connectivity index is 0.962. The van der Waals surface area contributed by atoms with Gasteiger partial charge in [0.05, 0.1) is 66.7 Å². The topological polar surface area (TPSA) is 187 Å². The first kappa shape index (κ1) is 40.5. The van der Waals surface area contributed by atoms with E-state index in [2.05, 4.69) is 20.7 Å². The molecule has 3 saturated heterocycles. The van der Waals surface area contributed by atoms with E-state index in [1.54, 1.807) is 14.7 Å². The summed E-state index contributed by atoms with van der Waals surface area (Å²) in [6.45, 7) is 5.31. The van der Waals surface area contributed by atoms with Crippen molar-refractivity contribution in [2.75, 3.05) is 89.6 Å². The largest absolute Gasteiger partial charge is 0.544 e. The Morgan fingerprint density at radius 2 is 1.67 bits per heavy atom. The number of nitrogens with zero attached hydrogens (tertiary/aromatic N) is 8. The van der Waals surface area contributed by atoms with Crippen LogP contribution in [0.3, 0.4) is 0 Å². The van der Waals surface area contributed by atoms with E-state index in [1.807, 2.05) is 0 Å². The number of alkyl halides is 3. The highest BCUT2D eigenvalue weighted by Crippen LogP contribution is 2.37. The number of nitrogen functional groups attached to an aromatic ring is 1. The van der Waals surface area contributed by atoms with Crippen LogP contribution in [-0.2, 0) is 18.0 Å². The molecule has 0 bridgehead atoms. The van der Waals surface area contributed by atoms with Crippen molar-refractivity contribution in [2.45, 2.75) is 6.18 Å². The van der Waals surface area contributed by atoms with Crippen molar-refractivity contribution < 1.29 is 46.3 Å². The van der Waals surface area contributed by atoms with Gasteiger partial charge in [-0.05, 0) is 36.4 Å². The van der Waals surface area contributed by atoms with Crippen LogP contribution in [0.4, 0.5) is 33.7 Å². The van der Waals surface area contributed by atoms with Gasteiger partial charge >= 0.3 is 12.2 Å². The summed E-state index contributed by atoms with van der Waals surface area (Å²) < 4.78 is 59.1. The first-order valence-electron chi connectivity index (χ1n) is 18.5. The zero-order valence-corrected chi connectivity index (χ0v) is 32.0. The molecular formula is C37H40ClF4N11O5. The van der Waals surface area contributed by atoms with Gasteiger partial charge in [0.15, 0.2) is 17.3 Å². The molecular weight excluding hydrogens is 790 g/mol. The molecule has 0 spiro atoms. The van der Waals surface area contributed by atoms with Crippen molar-refractivity contribution in [1.29, 1.82) is 0 Å². The smallest absolute Gasteiger partial charge is 0.435 e. The molecule has 2 aromatic carbocycles. The maximum Gasteiger partial charge on any atom is 0.435 e. The van der Waals surface area contributed by atoms with Crippen LogP contribution in [-0.4, -0.2) is 141 Å². The fraction of sp³-hybridized carbons (Fsp3) is 0.405. The monoisotopic (exact) mass is 829 g/mol. The summed E-state index contributed by atoms with van der Waals surface area (Å²) in [6.07, 6.45) is -2.88. The number of halogens is 5. The second-order valence-electron chi connectivity index (χ2n) is 14.8. The predicted molar refractivity (Wildman–Crippen MR) is 200 cm³/mol. The maximum atomic E-state index is 14.6. The van der Waals surface area contributed by atoms with Gasteiger partial charge in [-0.3, -0.25) is 9.59 Å². The van der Waals surface area contributed by atoms with Gasteiger partial charge in [0.1, 0.15) is 12.2 Å². The maximum absolute atomic E-state index is 14.6. The molecule has 2 aromatic heterocycles. The second-order valence-corrected chi connectivity index (χ2v) is 15.2. The Bertz CT molecular complexity index is 2240. The second kappa shape index (κ2) is 15.9. The molecule has 0 unspecified atom stereocenters. The average Bonchev–Trinajstić information content (AvgIpc) is 3.77. The number of carboxylic acids is 1. The molecule has 5 heterocycles. The molecule has 3 fully saturated rings. The fourth-order valence-corrected chi connectivity index (χ4v) is 7.94. The standard InChI is InChI=1S/C37H40ClF4N11O5/c1-48-30(26-19-52(47-32(26)37(40,41)42)29-5-2-23(43)14-28(29)39)18-45-33(48)34(56)46-24-3-4-25(27(38)15-24)35(57)49-6-8-50(9-7-49)36(58)51-10-12-53(13-11-51,21-31(54)55)20-22-16-44-17-22/h2-5,14-15,18-19,22,44H,6-13,16-17,20-21,43H2,1H3,(H-,46,54,55,56,57). The summed E-state index contributed by atoms with van der Waals surface area (Å²) in [4.78, 5) is 60.8. The molecule has 4 aromatic rings. The number of imidazole rings is 1. The number of hydrogen-bond donors (Lipinski definition) is 3. The summed E-state index contributed by atoms with van der Waals surface area (Å²) in [5.41, 5.74) is 3.83. The van der Waals surface area contributed by atoms with Crippen LogP contribution in [0.2, 0.25) is 5.02 Å². The van der Waals surface area contributed by atoms with Gasteiger partial charge < -0.3 is 50.0 Å². The van der Waals surface area contributed by atoms with E-state index in [4.69, 9.17) is 17.3 Å². The number of hydrogen-bond acceptors (Lipinski definition) is 9. The third kappa shape index (κ3) is 8.30. The number of urea groups is 1. The number of piperazine rings is 2. The Kier molecular flexibility index (Phi) is 11.1. The number of amides is 4. The van der Waals surface area contributed by atoms with Crippen molar-refractivity contribution in [3.8, 4) is 16.9 Å². The van der Waals surface area contributed by atoms with E-state index in [9.17, 15) is 41.8 Å². The molecule has 308 valence electrons. The zero-order chi connectivity index (χ0) is 41.5. The van der Waals surface area contributed by atoms with Crippen LogP contribution in [0.15, 0.2) is 48.8 Å². The molecule has 58 heavy (non-hydrogen) atoms. The third-order valence-corrected chi connectivity index (χ3v) is 11.2. The molecule has 0 aliphatic carbocycles. The molecule has 4 N–H and O–H groups in total. The Morgan fingerprint density at radius 3 is 2.28 bits per heavy atom. The van der Waals surface area contributed by atoms with Crippen molar-refractivity contribution in [1.82, 2.24) is 39.3 Å². The van der Waals surface area contributed by atoms with Crippen molar-refractivity contribution in [2.24, 2.45) is 13.0 Å². The van der Waals surface area contributed by atoms with E-state index < -0.39 is 35.1 Å². The average molecular weight is 830 g/mol. The van der Waals surface area contributed by atoms with Gasteiger partial charge in [-0.1, -0.05) is 11.6 Å². The minimum atomic E-state index is -4.93. The molecule has 0 saturated carbocycles. The van der Waals surface area contributed by atoms with Crippen molar-refractivity contribution in [3.05, 3.63) is 76.7 Å². The fourth-order valence-electron chi connectivity index (χ4n) is 7.68. The van der Waals surface area contributed by atoms with Crippen molar-refractivity contribution in [3.63, 3.8) is 0 Å². The van der Waals surface area contributed by atoms with Gasteiger partial charge in [0.25, 0.3) is 11.8 Å². The normalized spacial score (nSPS) is 17.2. The number of carbonyl (C=O) groups is 4. The van der Waals surface area contributed by atoms with E-state index in [1.165, 1.54) is 37.4 Å². The first-order valence-corrected chi connectivity index (χ1v) is 18.8. The lowest BCUT2D eigenvalue weighted by Crippen LogP contribution is -2.67. The summed E-state index contributed by atoms with van der Waals surface area (Å²) in [5, 5.41) is 21.0. The highest BCUT2D eigenvalue weighted by molar-refractivity contribution is 6.34. The summed E-state index contributed by atoms with van der Waals surface area (Å²) in [7, 11) is 1.34. The molecule has 7 rings (SSSR count). The van der Waals surface area contributed by atoms with Crippen LogP contribution in [0.25, 0.3) is 16.9 Å². The number of rotatable bonds is 9. The number of aliphatic carboxylic acids is 1.